The number of anilines is 1. The van der Waals surface area contributed by atoms with Crippen LogP contribution in [0.15, 0.2) is 89.8 Å². The molecule has 1 N–H and O–H groups in total. The van der Waals surface area contributed by atoms with Crippen LogP contribution in [0.3, 0.4) is 0 Å². The summed E-state index contributed by atoms with van der Waals surface area (Å²) in [5.41, 5.74) is 6.64. The van der Waals surface area contributed by atoms with E-state index in [-0.39, 0.29) is 11.8 Å². The third-order valence-corrected chi connectivity index (χ3v) is 5.71. The minimum atomic E-state index is -0.00664. The van der Waals surface area contributed by atoms with Crippen molar-refractivity contribution < 1.29 is 9.36 Å². The number of nitrogens with one attached hydrogen (secondary N) is 1. The highest BCUT2D eigenvalue weighted by atomic mass is 16.1. The molecule has 3 aromatic rings. The average Bonchev–Trinajstić information content (AvgIpc) is 2.87. The molecule has 0 bridgehead atoms. The number of pyridine rings is 1. The molecule has 1 atom stereocenters. The molecule has 0 aliphatic heterocycles. The van der Waals surface area contributed by atoms with Crippen molar-refractivity contribution in [2.75, 3.05) is 5.32 Å². The van der Waals surface area contributed by atoms with Crippen molar-refractivity contribution in [2.24, 2.45) is 4.99 Å². The lowest BCUT2D eigenvalue weighted by atomic mass is 9.84. The van der Waals surface area contributed by atoms with Gasteiger partial charge in [-0.25, -0.2) is 4.57 Å². The van der Waals surface area contributed by atoms with Gasteiger partial charge in [0.15, 0.2) is 18.9 Å². The van der Waals surface area contributed by atoms with Gasteiger partial charge in [-0.05, 0) is 62.1 Å². The Bertz CT molecular complexity index is 1120. The molecule has 4 nitrogen and oxygen atoms in total. The van der Waals surface area contributed by atoms with Crippen LogP contribution in [-0.2, 0) is 11.3 Å². The van der Waals surface area contributed by atoms with Crippen molar-refractivity contribution in [3.8, 4) is 0 Å². The van der Waals surface area contributed by atoms with Gasteiger partial charge in [0.05, 0.1) is 12.3 Å². The zero-order valence-corrected chi connectivity index (χ0v) is 21.4. The molecule has 4 heteroatoms. The molecule has 0 spiro atoms. The number of nitrogens with zero attached hydrogens (tertiary/aromatic N) is 2. The summed E-state index contributed by atoms with van der Waals surface area (Å²) in [6, 6.07) is 20.4. The number of hydrogen-bond donors (Lipinski definition) is 1. The summed E-state index contributed by atoms with van der Waals surface area (Å²) in [4.78, 5) is 17.2. The van der Waals surface area contributed by atoms with Crippen LogP contribution in [0.5, 0.6) is 0 Å². The third-order valence-electron chi connectivity index (χ3n) is 5.71. The minimum Gasteiger partial charge on any atom is -0.326 e. The third kappa shape index (κ3) is 7.24. The molecular formula is C30H38N3O+. The number of benzene rings is 2. The molecule has 0 aliphatic rings. The van der Waals surface area contributed by atoms with Crippen LogP contribution >= 0.6 is 0 Å². The normalized spacial score (nSPS) is 12.1. The first-order chi connectivity index (χ1) is 16.5. The summed E-state index contributed by atoms with van der Waals surface area (Å²) in [7, 11) is 0. The molecule has 0 aliphatic carbocycles. The van der Waals surface area contributed by atoms with E-state index >= 15 is 0 Å². The van der Waals surface area contributed by atoms with Crippen LogP contribution in [0.25, 0.3) is 0 Å². The Morgan fingerprint density at radius 3 is 2.38 bits per heavy atom. The number of rotatable bonds is 8. The molecule has 0 saturated carbocycles. The standard InChI is InChI=1S/C28H31N3O.C2H6/c1-5-26(29-6-2)28(25-15-10-12-21(3)22(25)4)23-13-11-14-24(20-23)30-27(32)16-19-31-17-8-7-9-18-31;1-2/h5-15,17-18,20,28H,16,19H2,1-4H3;1-2H3/p+1/b26-5-,29-6?;. The van der Waals surface area contributed by atoms with Gasteiger partial charge in [0.1, 0.15) is 0 Å². The molecule has 1 amide bonds. The second-order valence-electron chi connectivity index (χ2n) is 7.86. The minimum absolute atomic E-state index is 0.000347. The number of carbonyl (C=O) groups is 1. The molecule has 178 valence electrons. The van der Waals surface area contributed by atoms with Gasteiger partial charge in [0.2, 0.25) is 5.91 Å². The van der Waals surface area contributed by atoms with Crippen LogP contribution in [0.2, 0.25) is 0 Å². The van der Waals surface area contributed by atoms with Crippen molar-refractivity contribution in [1.82, 2.24) is 0 Å². The van der Waals surface area contributed by atoms with E-state index in [1.165, 1.54) is 16.7 Å². The number of aryl methyl sites for hydroxylation is 2. The predicted octanol–water partition coefficient (Wildman–Crippen LogP) is 6.77. The van der Waals surface area contributed by atoms with Crippen LogP contribution < -0.4 is 9.88 Å². The predicted molar refractivity (Wildman–Crippen MR) is 143 cm³/mol. The first-order valence-electron chi connectivity index (χ1n) is 12.1. The highest BCUT2D eigenvalue weighted by molar-refractivity contribution is 5.90. The van der Waals surface area contributed by atoms with Crippen molar-refractivity contribution in [2.45, 2.75) is 60.4 Å². The van der Waals surface area contributed by atoms with Crippen molar-refractivity contribution in [3.63, 3.8) is 0 Å². The highest BCUT2D eigenvalue weighted by Gasteiger charge is 2.21. The van der Waals surface area contributed by atoms with E-state index in [1.54, 1.807) is 0 Å². The van der Waals surface area contributed by atoms with Crippen LogP contribution in [0, 0.1) is 13.8 Å². The SMILES string of the molecule is CC.CC=N/C(=C\C)C(c1cccc(NC(=O)CC[n+]2ccccc2)c1)c1cccc(C)c1C. The fourth-order valence-electron chi connectivity index (χ4n) is 3.89. The maximum atomic E-state index is 12.6. The molecular weight excluding hydrogens is 418 g/mol. The van der Waals surface area contributed by atoms with Gasteiger partial charge >= 0.3 is 0 Å². The van der Waals surface area contributed by atoms with Gasteiger partial charge in [-0.15, -0.1) is 0 Å². The monoisotopic (exact) mass is 456 g/mol. The van der Waals surface area contributed by atoms with E-state index in [1.807, 2.05) is 81.2 Å². The largest absolute Gasteiger partial charge is 0.326 e. The lowest BCUT2D eigenvalue weighted by Gasteiger charge is -2.22. The Kier molecular flexibility index (Phi) is 10.9. The number of aliphatic imine (C=N–C) groups is 1. The zero-order valence-electron chi connectivity index (χ0n) is 21.4. The van der Waals surface area contributed by atoms with Crippen molar-refractivity contribution >= 4 is 17.8 Å². The maximum absolute atomic E-state index is 12.6. The smallest absolute Gasteiger partial charge is 0.230 e. The number of carbonyl (C=O) groups excluding carboxylic acids is 1. The van der Waals surface area contributed by atoms with Crippen LogP contribution in [-0.4, -0.2) is 12.1 Å². The first-order valence-corrected chi connectivity index (χ1v) is 12.1. The molecule has 3 rings (SSSR count). The second kappa shape index (κ2) is 13.9. The molecule has 1 unspecified atom stereocenters. The average molecular weight is 457 g/mol. The summed E-state index contributed by atoms with van der Waals surface area (Å²) in [6.45, 7) is 12.9. The fourth-order valence-corrected chi connectivity index (χ4v) is 3.89. The van der Waals surface area contributed by atoms with E-state index in [4.69, 9.17) is 0 Å². The molecule has 0 saturated heterocycles. The lowest BCUT2D eigenvalue weighted by Crippen LogP contribution is -2.34. The summed E-state index contributed by atoms with van der Waals surface area (Å²) < 4.78 is 2.01. The fraction of sp³-hybridized carbons (Fsp3) is 0.300. The van der Waals surface area contributed by atoms with Gasteiger partial charge in [-0.1, -0.05) is 56.3 Å². The quantitative estimate of drug-likeness (QED) is 0.295. The maximum Gasteiger partial charge on any atom is 0.230 e. The van der Waals surface area contributed by atoms with Gasteiger partial charge in [-0.2, -0.15) is 0 Å². The Balaban J connectivity index is 0.00000199. The molecule has 1 heterocycles. The van der Waals surface area contributed by atoms with E-state index in [2.05, 4.69) is 60.6 Å². The van der Waals surface area contributed by atoms with Crippen molar-refractivity contribution in [1.29, 1.82) is 0 Å². The summed E-state index contributed by atoms with van der Waals surface area (Å²) in [5.74, 6) is -0.00699. The number of amides is 1. The Morgan fingerprint density at radius 2 is 1.71 bits per heavy atom. The zero-order chi connectivity index (χ0) is 24.9. The molecule has 1 aromatic heterocycles. The molecule has 0 radical (unpaired) electrons. The number of hydrogen-bond acceptors (Lipinski definition) is 2. The topological polar surface area (TPSA) is 45.3 Å². The molecule has 2 aromatic carbocycles. The highest BCUT2D eigenvalue weighted by Crippen LogP contribution is 2.36. The van der Waals surface area contributed by atoms with Gasteiger partial charge in [0, 0.05) is 29.7 Å². The number of allylic oxidation sites excluding steroid dienone is 2. The second-order valence-corrected chi connectivity index (χ2v) is 7.86. The Morgan fingerprint density at radius 1 is 1.00 bits per heavy atom. The van der Waals surface area contributed by atoms with E-state index in [9.17, 15) is 4.79 Å². The van der Waals surface area contributed by atoms with Crippen molar-refractivity contribution in [3.05, 3.63) is 107 Å². The van der Waals surface area contributed by atoms with E-state index < -0.39 is 0 Å². The van der Waals surface area contributed by atoms with Gasteiger partial charge < -0.3 is 5.32 Å². The lowest BCUT2D eigenvalue weighted by molar-refractivity contribution is -0.695. The van der Waals surface area contributed by atoms with E-state index in [0.717, 1.165) is 16.9 Å². The molecule has 0 fully saturated rings. The molecule has 34 heavy (non-hydrogen) atoms. The van der Waals surface area contributed by atoms with Gasteiger partial charge in [0.25, 0.3) is 0 Å². The van der Waals surface area contributed by atoms with Crippen LogP contribution in [0.1, 0.15) is 62.3 Å². The van der Waals surface area contributed by atoms with E-state index in [0.29, 0.717) is 13.0 Å². The Labute approximate surface area is 205 Å². The van der Waals surface area contributed by atoms with Gasteiger partial charge in [-0.3, -0.25) is 9.79 Å². The van der Waals surface area contributed by atoms with Crippen LogP contribution in [0.4, 0.5) is 5.69 Å². The summed E-state index contributed by atoms with van der Waals surface area (Å²) in [6.07, 6.45) is 8.25. The Hall–Kier alpha value is -3.53. The summed E-state index contributed by atoms with van der Waals surface area (Å²) >= 11 is 0. The first kappa shape index (κ1) is 26.7. The number of aromatic nitrogens is 1. The summed E-state index contributed by atoms with van der Waals surface area (Å²) in [5, 5.41) is 3.06.